The summed E-state index contributed by atoms with van der Waals surface area (Å²) in [5.74, 6) is 6.14. The third kappa shape index (κ3) is 5.65. The van der Waals surface area contributed by atoms with Crippen LogP contribution in [0.2, 0.25) is 0 Å². The molecule has 5 heteroatoms. The van der Waals surface area contributed by atoms with Crippen molar-refractivity contribution in [3.63, 3.8) is 0 Å². The lowest BCUT2D eigenvalue weighted by Gasteiger charge is -2.57. The topological polar surface area (TPSA) is 61.3 Å². The Kier molecular flexibility index (Phi) is 7.43. The zero-order valence-corrected chi connectivity index (χ0v) is 29.1. The van der Waals surface area contributed by atoms with Gasteiger partial charge in [0.2, 0.25) is 11.8 Å². The van der Waals surface area contributed by atoms with Gasteiger partial charge in [-0.2, -0.15) is 0 Å². The van der Waals surface area contributed by atoms with Crippen molar-refractivity contribution < 1.29 is 14.3 Å². The SMILES string of the molecule is O=C(Oc1ncccc1Cc1ccc(C23CC4CC(CC(C4)C2)C3)cc1)Oc1ncccc1Cc1ccc(C23CC4CC(CC(C4)C2)C3)cc1. The molecule has 8 fully saturated rings. The van der Waals surface area contributed by atoms with Crippen molar-refractivity contribution in [2.75, 3.05) is 0 Å². The van der Waals surface area contributed by atoms with E-state index in [9.17, 15) is 4.79 Å². The molecule has 8 saturated carbocycles. The molecule has 0 amide bonds. The Morgan fingerprint density at radius 3 is 1.20 bits per heavy atom. The van der Waals surface area contributed by atoms with Gasteiger partial charge in [0.15, 0.2) is 0 Å². The maximum atomic E-state index is 13.2. The number of carbonyl (C=O) groups is 1. The number of nitrogens with zero attached hydrogens (tertiary/aromatic N) is 2. The van der Waals surface area contributed by atoms with E-state index in [1.54, 1.807) is 12.4 Å². The molecule has 50 heavy (non-hydrogen) atoms. The summed E-state index contributed by atoms with van der Waals surface area (Å²) in [5, 5.41) is 0. The van der Waals surface area contributed by atoms with Crippen LogP contribution < -0.4 is 9.47 Å². The smallest absolute Gasteiger partial charge is 0.375 e. The van der Waals surface area contributed by atoms with Crippen molar-refractivity contribution in [1.29, 1.82) is 0 Å². The standard InChI is InChI=1S/C45H48N2O3/c48-43(49-41-37(3-1-13-46-41)21-29-5-9-39(10-6-29)44-23-31-15-32(24-44)17-33(16-31)25-44)50-42-38(4-2-14-47-42)22-30-7-11-40(12-8-30)45-26-34-18-35(27-45)20-36(19-34)28-45/h1-14,31-36H,15-28H2. The number of pyridine rings is 2. The van der Waals surface area contributed by atoms with Crippen LogP contribution in [0.1, 0.15) is 110 Å². The molecule has 0 atom stereocenters. The minimum Gasteiger partial charge on any atom is -0.375 e. The lowest BCUT2D eigenvalue weighted by Crippen LogP contribution is -2.48. The second kappa shape index (κ2) is 12.1. The van der Waals surface area contributed by atoms with Crippen molar-refractivity contribution in [1.82, 2.24) is 9.97 Å². The molecule has 0 saturated heterocycles. The van der Waals surface area contributed by atoms with Gasteiger partial charge in [-0.15, -0.1) is 0 Å². The zero-order chi connectivity index (χ0) is 33.3. The number of benzene rings is 2. The highest BCUT2D eigenvalue weighted by Crippen LogP contribution is 2.62. The number of ether oxygens (including phenoxy) is 2. The maximum absolute atomic E-state index is 13.2. The first-order valence-electron chi connectivity index (χ1n) is 19.4. The molecule has 2 aromatic heterocycles. The van der Waals surface area contributed by atoms with E-state index in [1.165, 1.54) is 99.3 Å². The predicted molar refractivity (Wildman–Crippen MR) is 193 cm³/mol. The summed E-state index contributed by atoms with van der Waals surface area (Å²) in [6, 6.07) is 26.3. The Morgan fingerprint density at radius 1 is 0.520 bits per heavy atom. The number of carbonyl (C=O) groups excluding carboxylic acids is 1. The van der Waals surface area contributed by atoms with Gasteiger partial charge in [0.1, 0.15) is 0 Å². The quantitative estimate of drug-likeness (QED) is 0.176. The summed E-state index contributed by atoms with van der Waals surface area (Å²) < 4.78 is 11.5. The van der Waals surface area contributed by atoms with Crippen molar-refractivity contribution in [2.24, 2.45) is 35.5 Å². The second-order valence-electron chi connectivity index (χ2n) is 17.5. The summed E-state index contributed by atoms with van der Waals surface area (Å²) in [6.07, 6.45) is 20.7. The molecule has 8 bridgehead atoms. The molecule has 2 aromatic carbocycles. The number of hydrogen-bond acceptors (Lipinski definition) is 5. The number of aromatic nitrogens is 2. The third-order valence-corrected chi connectivity index (χ3v) is 14.1. The first-order chi connectivity index (χ1) is 24.5. The Balaban J connectivity index is 0.799. The summed E-state index contributed by atoms with van der Waals surface area (Å²) in [5.41, 5.74) is 7.91. The predicted octanol–water partition coefficient (Wildman–Crippen LogP) is 10.2. The van der Waals surface area contributed by atoms with Gasteiger partial charge in [0.05, 0.1) is 0 Å². The van der Waals surface area contributed by atoms with E-state index >= 15 is 0 Å². The zero-order valence-electron chi connectivity index (χ0n) is 29.1. The van der Waals surface area contributed by atoms with Gasteiger partial charge in [-0.05, 0) is 158 Å². The molecule has 2 heterocycles. The fourth-order valence-electron chi connectivity index (χ4n) is 12.8. The number of rotatable bonds is 8. The maximum Gasteiger partial charge on any atom is 0.522 e. The molecule has 0 radical (unpaired) electrons. The minimum absolute atomic E-state index is 0.278. The van der Waals surface area contributed by atoms with Crippen molar-refractivity contribution >= 4 is 6.16 Å². The first-order valence-corrected chi connectivity index (χ1v) is 19.4. The van der Waals surface area contributed by atoms with Gasteiger partial charge in [0.25, 0.3) is 0 Å². The van der Waals surface area contributed by atoms with Crippen LogP contribution in [0.5, 0.6) is 11.8 Å². The van der Waals surface area contributed by atoms with Gasteiger partial charge >= 0.3 is 6.16 Å². The van der Waals surface area contributed by atoms with E-state index in [2.05, 4.69) is 58.5 Å². The molecule has 8 aliphatic rings. The Bertz CT molecular complexity index is 1690. The molecule has 0 aliphatic heterocycles. The molecule has 0 unspecified atom stereocenters. The van der Waals surface area contributed by atoms with Crippen molar-refractivity contribution in [3.05, 3.63) is 119 Å². The van der Waals surface area contributed by atoms with E-state index in [1.807, 2.05) is 24.3 Å². The normalized spacial score (nSPS) is 33.0. The van der Waals surface area contributed by atoms with Gasteiger partial charge in [-0.3, -0.25) is 0 Å². The summed E-state index contributed by atoms with van der Waals surface area (Å²) in [4.78, 5) is 22.0. The van der Waals surface area contributed by atoms with E-state index in [0.29, 0.717) is 23.7 Å². The molecular formula is C45H48N2O3. The van der Waals surface area contributed by atoms with Crippen LogP contribution in [-0.2, 0) is 23.7 Å². The van der Waals surface area contributed by atoms with Crippen molar-refractivity contribution in [3.8, 4) is 11.8 Å². The van der Waals surface area contributed by atoms with Crippen LogP contribution in [-0.4, -0.2) is 16.1 Å². The molecule has 0 N–H and O–H groups in total. The summed E-state index contributed by atoms with van der Waals surface area (Å²) in [6.45, 7) is 0. The van der Waals surface area contributed by atoms with E-state index in [4.69, 9.17) is 9.47 Å². The second-order valence-corrected chi connectivity index (χ2v) is 17.5. The van der Waals surface area contributed by atoms with Crippen molar-refractivity contribution in [2.45, 2.75) is 101 Å². The largest absolute Gasteiger partial charge is 0.522 e. The van der Waals surface area contributed by atoms with Gasteiger partial charge < -0.3 is 9.47 Å². The lowest BCUT2D eigenvalue weighted by atomic mass is 9.48. The highest BCUT2D eigenvalue weighted by Gasteiger charge is 2.52. The van der Waals surface area contributed by atoms with E-state index in [0.717, 1.165) is 46.6 Å². The average Bonchev–Trinajstić information content (AvgIpc) is 3.09. The molecule has 0 spiro atoms. The summed E-state index contributed by atoms with van der Waals surface area (Å²) in [7, 11) is 0. The first kappa shape index (κ1) is 30.8. The van der Waals surface area contributed by atoms with E-state index < -0.39 is 6.16 Å². The highest BCUT2D eigenvalue weighted by atomic mass is 16.7. The minimum atomic E-state index is -0.820. The lowest BCUT2D eigenvalue weighted by molar-refractivity contribution is -0.00531. The molecule has 12 rings (SSSR count). The Labute approximate surface area is 296 Å². The van der Waals surface area contributed by atoms with Crippen LogP contribution in [0.15, 0.2) is 85.2 Å². The Morgan fingerprint density at radius 2 is 0.860 bits per heavy atom. The van der Waals surface area contributed by atoms with Crippen LogP contribution >= 0.6 is 0 Å². The van der Waals surface area contributed by atoms with Gasteiger partial charge in [0, 0.05) is 36.4 Å². The molecule has 5 nitrogen and oxygen atoms in total. The van der Waals surface area contributed by atoms with Gasteiger partial charge in [-0.25, -0.2) is 14.8 Å². The monoisotopic (exact) mass is 664 g/mol. The van der Waals surface area contributed by atoms with Crippen LogP contribution in [0, 0.1) is 35.5 Å². The molecule has 8 aliphatic carbocycles. The van der Waals surface area contributed by atoms with Crippen LogP contribution in [0.25, 0.3) is 0 Å². The van der Waals surface area contributed by atoms with Gasteiger partial charge in [-0.1, -0.05) is 60.7 Å². The molecule has 256 valence electrons. The molecular weight excluding hydrogens is 617 g/mol. The van der Waals surface area contributed by atoms with Crippen LogP contribution in [0.3, 0.4) is 0 Å². The highest BCUT2D eigenvalue weighted by molar-refractivity contribution is 5.67. The average molecular weight is 665 g/mol. The third-order valence-electron chi connectivity index (χ3n) is 14.1. The Hall–Kier alpha value is -3.99. The summed E-state index contributed by atoms with van der Waals surface area (Å²) >= 11 is 0. The van der Waals surface area contributed by atoms with Crippen LogP contribution in [0.4, 0.5) is 4.79 Å². The molecule has 4 aromatic rings. The van der Waals surface area contributed by atoms with E-state index in [-0.39, 0.29) is 11.8 Å². The fraction of sp³-hybridized carbons (Fsp3) is 0.489. The fourth-order valence-corrected chi connectivity index (χ4v) is 12.8. The number of hydrogen-bond donors (Lipinski definition) is 0.